The Morgan fingerprint density at radius 1 is 0.886 bits per heavy atom. The molecule has 6 heteroatoms. The van der Waals surface area contributed by atoms with Gasteiger partial charge in [0.2, 0.25) is 0 Å². The van der Waals surface area contributed by atoms with Crippen molar-refractivity contribution >= 4 is 29.3 Å². The predicted octanol–water partition coefficient (Wildman–Crippen LogP) is 4.30. The number of benzene rings is 3. The lowest BCUT2D eigenvalue weighted by atomic mass is 9.64. The van der Waals surface area contributed by atoms with Crippen molar-refractivity contribution in [1.82, 2.24) is 0 Å². The first kappa shape index (κ1) is 21.4. The summed E-state index contributed by atoms with van der Waals surface area (Å²) in [6.45, 7) is 0. The number of fused-ring (bicyclic) bond motifs is 5. The number of carbonyl (C=O) groups excluding carboxylic acids is 3. The van der Waals surface area contributed by atoms with Crippen LogP contribution in [-0.4, -0.2) is 43.8 Å². The summed E-state index contributed by atoms with van der Waals surface area (Å²) in [4.78, 5) is 44.1. The Labute approximate surface area is 202 Å². The SMILES string of the molecule is COC(=O)[C@H]1[C@@H](c2cccc(OC)c2)C2(C(=O)c3ccccc3C2=O)[C@@H]2C=Cc3ccccc3N21. The minimum atomic E-state index is -1.53. The number of Topliss-reactive ketones (excluding diaryl/α,β-unsaturated/α-hetero) is 2. The quantitative estimate of drug-likeness (QED) is 0.424. The van der Waals surface area contributed by atoms with E-state index in [1.807, 2.05) is 53.5 Å². The molecule has 0 N–H and O–H groups in total. The molecule has 0 unspecified atom stereocenters. The van der Waals surface area contributed by atoms with E-state index in [9.17, 15) is 14.4 Å². The Kier molecular flexibility index (Phi) is 4.68. The van der Waals surface area contributed by atoms with Crippen LogP contribution in [0.3, 0.4) is 0 Å². The zero-order chi connectivity index (χ0) is 24.3. The number of ketones is 2. The third-order valence-corrected chi connectivity index (χ3v) is 7.61. The maximum absolute atomic E-state index is 14.3. The van der Waals surface area contributed by atoms with E-state index in [0.29, 0.717) is 22.4 Å². The highest BCUT2D eigenvalue weighted by Gasteiger charge is 2.71. The molecule has 6 rings (SSSR count). The number of para-hydroxylation sites is 1. The van der Waals surface area contributed by atoms with Crippen molar-refractivity contribution < 1.29 is 23.9 Å². The van der Waals surface area contributed by atoms with Gasteiger partial charge in [-0.15, -0.1) is 0 Å². The first-order valence-corrected chi connectivity index (χ1v) is 11.5. The lowest BCUT2D eigenvalue weighted by Crippen LogP contribution is -2.48. The Morgan fingerprint density at radius 3 is 2.26 bits per heavy atom. The molecule has 1 fully saturated rings. The fraction of sp³-hybridized carbons (Fsp3) is 0.207. The van der Waals surface area contributed by atoms with Gasteiger partial charge in [0.05, 0.1) is 20.3 Å². The van der Waals surface area contributed by atoms with Crippen molar-refractivity contribution in [2.45, 2.75) is 18.0 Å². The van der Waals surface area contributed by atoms with Crippen LogP contribution in [0.15, 0.2) is 78.9 Å². The van der Waals surface area contributed by atoms with Crippen LogP contribution in [0.1, 0.15) is 37.8 Å². The molecule has 0 aromatic heterocycles. The van der Waals surface area contributed by atoms with Crippen molar-refractivity contribution in [3.8, 4) is 5.75 Å². The fourth-order valence-electron chi connectivity index (χ4n) is 6.22. The summed E-state index contributed by atoms with van der Waals surface area (Å²) in [6, 6.07) is 20.3. The topological polar surface area (TPSA) is 72.9 Å². The van der Waals surface area contributed by atoms with Crippen molar-refractivity contribution in [3.05, 3.63) is 101 Å². The molecular formula is C29H23NO5. The molecule has 3 aromatic carbocycles. The molecule has 1 spiro atoms. The molecule has 35 heavy (non-hydrogen) atoms. The molecule has 1 aliphatic carbocycles. The normalized spacial score (nSPS) is 23.1. The molecule has 6 nitrogen and oxygen atoms in total. The van der Waals surface area contributed by atoms with Crippen LogP contribution in [-0.2, 0) is 9.53 Å². The second kappa shape index (κ2) is 7.67. The van der Waals surface area contributed by atoms with Crippen molar-refractivity contribution in [1.29, 1.82) is 0 Å². The maximum Gasteiger partial charge on any atom is 0.329 e. The minimum absolute atomic E-state index is 0.267. The number of hydrogen-bond acceptors (Lipinski definition) is 6. The fourth-order valence-corrected chi connectivity index (χ4v) is 6.22. The van der Waals surface area contributed by atoms with E-state index in [1.54, 1.807) is 43.5 Å². The van der Waals surface area contributed by atoms with Gasteiger partial charge in [0.25, 0.3) is 0 Å². The molecule has 174 valence electrons. The molecule has 3 aromatic rings. The smallest absolute Gasteiger partial charge is 0.329 e. The number of rotatable bonds is 3. The lowest BCUT2D eigenvalue weighted by molar-refractivity contribution is -0.142. The molecule has 3 atom stereocenters. The largest absolute Gasteiger partial charge is 0.497 e. The van der Waals surface area contributed by atoms with Gasteiger partial charge in [-0.05, 0) is 29.3 Å². The zero-order valence-corrected chi connectivity index (χ0v) is 19.3. The summed E-state index contributed by atoms with van der Waals surface area (Å²) in [5, 5.41) is 0. The maximum atomic E-state index is 14.3. The van der Waals surface area contributed by atoms with Crippen LogP contribution in [0.5, 0.6) is 5.75 Å². The number of carbonyl (C=O) groups is 3. The highest BCUT2D eigenvalue weighted by Crippen LogP contribution is 2.60. The summed E-state index contributed by atoms with van der Waals surface area (Å²) in [7, 11) is 2.90. The first-order chi connectivity index (χ1) is 17.0. The van der Waals surface area contributed by atoms with Crippen LogP contribution in [0.4, 0.5) is 5.69 Å². The van der Waals surface area contributed by atoms with Gasteiger partial charge >= 0.3 is 5.97 Å². The number of methoxy groups -OCH3 is 2. The van der Waals surface area contributed by atoms with Gasteiger partial charge in [-0.3, -0.25) is 9.59 Å². The van der Waals surface area contributed by atoms with E-state index >= 15 is 0 Å². The molecule has 2 heterocycles. The van der Waals surface area contributed by atoms with Gasteiger partial charge < -0.3 is 14.4 Å². The number of hydrogen-bond donors (Lipinski definition) is 0. The molecule has 0 amide bonds. The van der Waals surface area contributed by atoms with E-state index in [1.165, 1.54) is 7.11 Å². The second-order valence-electron chi connectivity index (χ2n) is 9.07. The summed E-state index contributed by atoms with van der Waals surface area (Å²) in [6.07, 6.45) is 3.82. The van der Waals surface area contributed by atoms with Crippen molar-refractivity contribution in [2.24, 2.45) is 5.41 Å². The average Bonchev–Trinajstić information content (AvgIpc) is 3.35. The Morgan fingerprint density at radius 2 is 1.57 bits per heavy atom. The minimum Gasteiger partial charge on any atom is -0.497 e. The third-order valence-electron chi connectivity index (χ3n) is 7.61. The molecule has 0 bridgehead atoms. The standard InChI is InChI=1S/C29H23NO5/c1-34-19-10-7-9-18(16-19)24-25(28(33)35-2)30-22-13-6-3-8-17(22)14-15-23(30)29(24)26(31)20-11-4-5-12-21(20)27(29)32/h3-16,23-25H,1-2H3/t23-,24+,25+/m0/s1. The molecule has 3 aliphatic rings. The van der Waals surface area contributed by atoms with Crippen LogP contribution >= 0.6 is 0 Å². The lowest BCUT2D eigenvalue weighted by Gasteiger charge is -2.36. The molecular weight excluding hydrogens is 442 g/mol. The summed E-state index contributed by atoms with van der Waals surface area (Å²) >= 11 is 0. The Hall–Kier alpha value is -4.19. The second-order valence-corrected chi connectivity index (χ2v) is 9.07. The van der Waals surface area contributed by atoms with Gasteiger partial charge in [-0.25, -0.2) is 4.79 Å². The zero-order valence-electron chi connectivity index (χ0n) is 19.3. The van der Waals surface area contributed by atoms with E-state index < -0.39 is 29.4 Å². The summed E-state index contributed by atoms with van der Waals surface area (Å²) < 4.78 is 10.8. The van der Waals surface area contributed by atoms with Crippen LogP contribution in [0.25, 0.3) is 6.08 Å². The van der Waals surface area contributed by atoms with Gasteiger partial charge in [0.15, 0.2) is 11.6 Å². The average molecular weight is 466 g/mol. The van der Waals surface area contributed by atoms with E-state index in [0.717, 1.165) is 11.3 Å². The Bertz CT molecular complexity index is 1390. The van der Waals surface area contributed by atoms with Crippen LogP contribution in [0, 0.1) is 5.41 Å². The van der Waals surface area contributed by atoms with Gasteiger partial charge in [-0.1, -0.05) is 66.7 Å². The van der Waals surface area contributed by atoms with Gasteiger partial charge in [0, 0.05) is 22.7 Å². The van der Waals surface area contributed by atoms with E-state index in [4.69, 9.17) is 9.47 Å². The summed E-state index contributed by atoms with van der Waals surface area (Å²) in [5.41, 5.74) is 1.63. The third kappa shape index (κ3) is 2.68. The van der Waals surface area contributed by atoms with Crippen LogP contribution < -0.4 is 9.64 Å². The first-order valence-electron chi connectivity index (χ1n) is 11.5. The van der Waals surface area contributed by atoms with E-state index in [2.05, 4.69) is 0 Å². The number of nitrogens with zero attached hydrogens (tertiary/aromatic N) is 1. The number of esters is 1. The van der Waals surface area contributed by atoms with Crippen LogP contribution in [0.2, 0.25) is 0 Å². The molecule has 2 aliphatic heterocycles. The highest BCUT2D eigenvalue weighted by molar-refractivity contribution is 6.32. The monoisotopic (exact) mass is 465 g/mol. The van der Waals surface area contributed by atoms with Crippen molar-refractivity contribution in [3.63, 3.8) is 0 Å². The molecule has 0 saturated carbocycles. The number of ether oxygens (including phenoxy) is 2. The predicted molar refractivity (Wildman–Crippen MR) is 131 cm³/mol. The van der Waals surface area contributed by atoms with E-state index in [-0.39, 0.29) is 11.6 Å². The summed E-state index contributed by atoms with van der Waals surface area (Å²) in [5.74, 6) is -1.25. The van der Waals surface area contributed by atoms with Gasteiger partial charge in [-0.2, -0.15) is 0 Å². The highest BCUT2D eigenvalue weighted by atomic mass is 16.5. The number of anilines is 1. The van der Waals surface area contributed by atoms with Crippen molar-refractivity contribution in [2.75, 3.05) is 19.1 Å². The molecule has 1 saturated heterocycles. The Balaban J connectivity index is 1.69. The molecule has 0 radical (unpaired) electrons. The van der Waals surface area contributed by atoms with Gasteiger partial charge in [0.1, 0.15) is 17.2 Å².